The van der Waals surface area contributed by atoms with E-state index in [1.807, 2.05) is 14.1 Å². The van der Waals surface area contributed by atoms with Crippen molar-refractivity contribution in [1.82, 2.24) is 10.2 Å². The van der Waals surface area contributed by atoms with E-state index in [0.717, 1.165) is 44.5 Å². The third-order valence-electron chi connectivity index (χ3n) is 3.71. The van der Waals surface area contributed by atoms with Gasteiger partial charge in [0.15, 0.2) is 5.12 Å². The lowest BCUT2D eigenvalue weighted by Gasteiger charge is -2.09. The highest BCUT2D eigenvalue weighted by Crippen LogP contribution is 2.12. The Kier molecular flexibility index (Phi) is 15.9. The molecule has 0 saturated heterocycles. The molecule has 0 heterocycles. The van der Waals surface area contributed by atoms with Crippen molar-refractivity contribution >= 4 is 22.8 Å². The summed E-state index contributed by atoms with van der Waals surface area (Å²) in [5, 5.41) is 3.21. The molecule has 0 rings (SSSR count). The predicted molar refractivity (Wildman–Crippen MR) is 101 cm³/mol. The molecule has 1 amide bonds. The van der Waals surface area contributed by atoms with Crippen LogP contribution in [0.2, 0.25) is 0 Å². The molecule has 0 aromatic heterocycles. The van der Waals surface area contributed by atoms with Gasteiger partial charge in [-0.3, -0.25) is 9.59 Å². The average molecular weight is 345 g/mol. The van der Waals surface area contributed by atoms with Crippen LogP contribution in [-0.4, -0.2) is 48.9 Å². The van der Waals surface area contributed by atoms with E-state index in [0.29, 0.717) is 6.42 Å². The molecule has 0 aliphatic heterocycles. The van der Waals surface area contributed by atoms with Crippen molar-refractivity contribution in [2.24, 2.45) is 0 Å². The molecule has 136 valence electrons. The van der Waals surface area contributed by atoms with Crippen LogP contribution in [0.4, 0.5) is 0 Å². The maximum absolute atomic E-state index is 11.6. The number of rotatable bonds is 15. The molecule has 4 nitrogen and oxygen atoms in total. The first-order valence-corrected chi connectivity index (χ1v) is 10.1. The third-order valence-corrected chi connectivity index (χ3v) is 4.61. The lowest BCUT2D eigenvalue weighted by atomic mass is 10.1. The predicted octanol–water partition coefficient (Wildman–Crippen LogP) is 3.84. The molecule has 1 N–H and O–H groups in total. The maximum Gasteiger partial charge on any atom is 0.219 e. The van der Waals surface area contributed by atoms with Crippen molar-refractivity contribution in [1.29, 1.82) is 0 Å². The molecule has 0 aromatic carbocycles. The molecule has 0 unspecified atom stereocenters. The number of carbonyl (C=O) groups is 2. The Hall–Kier alpha value is -0.550. The fourth-order valence-corrected chi connectivity index (χ4v) is 3.01. The lowest BCUT2D eigenvalue weighted by molar-refractivity contribution is -0.121. The third kappa shape index (κ3) is 19.4. The average Bonchev–Trinajstić information content (AvgIpc) is 2.48. The van der Waals surface area contributed by atoms with Gasteiger partial charge in [0.25, 0.3) is 0 Å². The Bertz CT molecular complexity index is 309. The van der Waals surface area contributed by atoms with Gasteiger partial charge in [0.1, 0.15) is 0 Å². The number of hydrogen-bond donors (Lipinski definition) is 1. The first-order valence-electron chi connectivity index (χ1n) is 9.07. The number of nitrogens with zero attached hydrogens (tertiary/aromatic N) is 1. The number of carbonyl (C=O) groups excluding carboxylic acids is 2. The lowest BCUT2D eigenvalue weighted by Crippen LogP contribution is -2.26. The van der Waals surface area contributed by atoms with Crippen LogP contribution in [0.5, 0.6) is 0 Å². The molecule has 0 saturated carbocycles. The van der Waals surface area contributed by atoms with Crippen molar-refractivity contribution < 1.29 is 9.59 Å². The number of thioether (sulfide) groups is 1. The summed E-state index contributed by atoms with van der Waals surface area (Å²) in [5.74, 6) is 1.17. The normalized spacial score (nSPS) is 11.0. The fraction of sp³-hybridized carbons (Fsp3) is 0.889. The maximum atomic E-state index is 11.6. The summed E-state index contributed by atoms with van der Waals surface area (Å²) in [6.07, 6.45) is 11.3. The highest BCUT2D eigenvalue weighted by molar-refractivity contribution is 8.13. The first kappa shape index (κ1) is 22.4. The van der Waals surface area contributed by atoms with E-state index < -0.39 is 0 Å². The number of amides is 1. The van der Waals surface area contributed by atoms with Gasteiger partial charge in [-0.2, -0.15) is 0 Å². The monoisotopic (exact) mass is 344 g/mol. The van der Waals surface area contributed by atoms with E-state index >= 15 is 0 Å². The molecule has 0 aliphatic rings. The summed E-state index contributed by atoms with van der Waals surface area (Å²) in [7, 11) is 4.10. The van der Waals surface area contributed by atoms with Gasteiger partial charge >= 0.3 is 0 Å². The second-order valence-electron chi connectivity index (χ2n) is 6.43. The zero-order valence-electron chi connectivity index (χ0n) is 15.4. The molecule has 0 fully saturated rings. The van der Waals surface area contributed by atoms with Gasteiger partial charge in [-0.15, -0.1) is 0 Å². The van der Waals surface area contributed by atoms with Crippen LogP contribution >= 0.6 is 11.8 Å². The zero-order chi connectivity index (χ0) is 17.3. The highest BCUT2D eigenvalue weighted by atomic mass is 32.2. The van der Waals surface area contributed by atoms with Gasteiger partial charge in [-0.25, -0.2) is 0 Å². The van der Waals surface area contributed by atoms with E-state index in [1.165, 1.54) is 43.9 Å². The molecular formula is C18H36N2O2S. The van der Waals surface area contributed by atoms with Crippen LogP contribution in [0.3, 0.4) is 0 Å². The van der Waals surface area contributed by atoms with Crippen LogP contribution in [0.1, 0.15) is 71.1 Å². The minimum Gasteiger partial charge on any atom is -0.356 e. The van der Waals surface area contributed by atoms with Crippen LogP contribution in [0.25, 0.3) is 0 Å². The quantitative estimate of drug-likeness (QED) is 0.459. The van der Waals surface area contributed by atoms with Gasteiger partial charge in [-0.05, 0) is 39.9 Å². The van der Waals surface area contributed by atoms with E-state index in [2.05, 4.69) is 10.2 Å². The Morgan fingerprint density at radius 3 is 2.00 bits per heavy atom. The van der Waals surface area contributed by atoms with Crippen molar-refractivity contribution in [2.45, 2.75) is 71.1 Å². The molecule has 5 heteroatoms. The summed E-state index contributed by atoms with van der Waals surface area (Å²) in [4.78, 5) is 24.5. The topological polar surface area (TPSA) is 49.4 Å². The molecule has 0 aromatic rings. The molecular weight excluding hydrogens is 308 g/mol. The van der Waals surface area contributed by atoms with Crippen molar-refractivity contribution in [3.05, 3.63) is 0 Å². The van der Waals surface area contributed by atoms with Crippen molar-refractivity contribution in [3.63, 3.8) is 0 Å². The minimum absolute atomic E-state index is 0.201. The Morgan fingerprint density at radius 2 is 1.43 bits per heavy atom. The SMILES string of the molecule is CC(=O)SCCCCCCCCCCC(=O)NCCCN(C)C. The summed E-state index contributed by atoms with van der Waals surface area (Å²) in [5.41, 5.74) is 0. The smallest absolute Gasteiger partial charge is 0.219 e. The van der Waals surface area contributed by atoms with E-state index in [9.17, 15) is 9.59 Å². The molecule has 0 aliphatic carbocycles. The van der Waals surface area contributed by atoms with Crippen molar-refractivity contribution in [2.75, 3.05) is 32.9 Å². The summed E-state index contributed by atoms with van der Waals surface area (Å²) < 4.78 is 0. The Morgan fingerprint density at radius 1 is 0.870 bits per heavy atom. The zero-order valence-corrected chi connectivity index (χ0v) is 16.2. The first-order chi connectivity index (χ1) is 11.0. The van der Waals surface area contributed by atoms with Gasteiger partial charge in [0.05, 0.1) is 0 Å². The highest BCUT2D eigenvalue weighted by Gasteiger charge is 2.01. The minimum atomic E-state index is 0.201. The summed E-state index contributed by atoms with van der Waals surface area (Å²) in [6, 6.07) is 0. The van der Waals surface area contributed by atoms with Gasteiger partial charge in [0, 0.05) is 25.6 Å². The molecule has 0 atom stereocenters. The molecule has 0 spiro atoms. The Labute approximate surface area is 147 Å². The second kappa shape index (κ2) is 16.3. The van der Waals surface area contributed by atoms with Gasteiger partial charge < -0.3 is 10.2 Å². The summed E-state index contributed by atoms with van der Waals surface area (Å²) >= 11 is 1.44. The standard InChI is InChI=1S/C18H36N2O2S/c1-17(21)23-16-11-9-7-5-4-6-8-10-13-18(22)19-14-12-15-20(2)3/h4-16H2,1-3H3,(H,19,22). The van der Waals surface area contributed by atoms with Crippen LogP contribution in [0.15, 0.2) is 0 Å². The summed E-state index contributed by atoms with van der Waals surface area (Å²) in [6.45, 7) is 3.45. The van der Waals surface area contributed by atoms with Crippen LogP contribution in [-0.2, 0) is 9.59 Å². The number of nitrogens with one attached hydrogen (secondary N) is 1. The largest absolute Gasteiger partial charge is 0.356 e. The van der Waals surface area contributed by atoms with Crippen LogP contribution in [0, 0.1) is 0 Å². The van der Waals surface area contributed by atoms with E-state index in [-0.39, 0.29) is 11.0 Å². The molecule has 0 bridgehead atoms. The molecule has 23 heavy (non-hydrogen) atoms. The molecule has 0 radical (unpaired) electrons. The number of unbranched alkanes of at least 4 members (excludes halogenated alkanes) is 7. The fourth-order valence-electron chi connectivity index (χ4n) is 2.38. The van der Waals surface area contributed by atoms with E-state index in [4.69, 9.17) is 0 Å². The van der Waals surface area contributed by atoms with Crippen molar-refractivity contribution in [3.8, 4) is 0 Å². The van der Waals surface area contributed by atoms with Gasteiger partial charge in [-0.1, -0.05) is 50.3 Å². The van der Waals surface area contributed by atoms with Gasteiger partial charge in [0.2, 0.25) is 5.91 Å². The number of hydrogen-bond acceptors (Lipinski definition) is 4. The van der Waals surface area contributed by atoms with E-state index in [1.54, 1.807) is 6.92 Å². The Balaban J connectivity index is 3.17. The second-order valence-corrected chi connectivity index (χ2v) is 7.70. The van der Waals surface area contributed by atoms with Crippen LogP contribution < -0.4 is 5.32 Å².